The smallest absolute Gasteiger partial charge is 0.276 e. The van der Waals surface area contributed by atoms with Crippen molar-refractivity contribution in [1.82, 2.24) is 15.2 Å². The highest BCUT2D eigenvalue weighted by Gasteiger charge is 2.01. The first-order valence-electron chi connectivity index (χ1n) is 3.62. The minimum atomic E-state index is -0.486. The van der Waals surface area contributed by atoms with E-state index >= 15 is 0 Å². The van der Waals surface area contributed by atoms with Gasteiger partial charge in [-0.1, -0.05) is 13.8 Å². The van der Waals surface area contributed by atoms with E-state index in [9.17, 15) is 4.79 Å². The summed E-state index contributed by atoms with van der Waals surface area (Å²) >= 11 is 0. The summed E-state index contributed by atoms with van der Waals surface area (Å²) in [7, 11) is 4.82. The van der Waals surface area contributed by atoms with E-state index in [-0.39, 0.29) is 5.82 Å². The van der Waals surface area contributed by atoms with Gasteiger partial charge in [0.15, 0.2) is 0 Å². The van der Waals surface area contributed by atoms with E-state index in [0.717, 1.165) is 0 Å². The molecule has 1 aromatic heterocycles. The molecule has 12 heavy (non-hydrogen) atoms. The second kappa shape index (κ2) is 6.33. The van der Waals surface area contributed by atoms with Gasteiger partial charge in [0.2, 0.25) is 13.8 Å². The zero-order valence-corrected chi connectivity index (χ0v) is 7.11. The van der Waals surface area contributed by atoms with Gasteiger partial charge < -0.3 is 5.23 Å². The van der Waals surface area contributed by atoms with Gasteiger partial charge >= 0.3 is 0 Å². The molecule has 1 amide bonds. The molecule has 4 nitrogen and oxygen atoms in total. The summed E-state index contributed by atoms with van der Waals surface area (Å²) in [6.07, 6.45) is 2.94. The molecule has 0 aromatic carbocycles. The van der Waals surface area contributed by atoms with Crippen LogP contribution < -0.4 is 5.23 Å². The van der Waals surface area contributed by atoms with Crippen LogP contribution in [0, 0.1) is 0 Å². The van der Waals surface area contributed by atoms with E-state index < -0.39 is 5.91 Å². The highest BCUT2D eigenvalue weighted by Crippen LogP contribution is 1.84. The monoisotopic (exact) mass is 163 g/mol. The predicted molar refractivity (Wildman–Crippen MR) is 46.6 cm³/mol. The van der Waals surface area contributed by atoms with Gasteiger partial charge in [-0.05, 0) is 6.07 Å². The van der Waals surface area contributed by atoms with E-state index in [4.69, 9.17) is 7.98 Å². The van der Waals surface area contributed by atoms with Crippen LogP contribution in [-0.4, -0.2) is 23.9 Å². The Labute approximate surface area is 72.9 Å². The third-order valence-electron chi connectivity index (χ3n) is 0.900. The van der Waals surface area contributed by atoms with Crippen molar-refractivity contribution in [1.29, 1.82) is 0 Å². The normalized spacial score (nSPS) is 7.83. The molecule has 1 aromatic rings. The minimum absolute atomic E-state index is 0.0741. The standard InChI is InChI=1S/C5H4BN3O.C2H6/c6-9-5(10)4-7-2-1-3-8-4;1-2/h1-3H,(H,9,10);1-2H3. The van der Waals surface area contributed by atoms with Gasteiger partial charge in [-0.25, -0.2) is 9.97 Å². The second-order valence-corrected chi connectivity index (χ2v) is 1.55. The van der Waals surface area contributed by atoms with Gasteiger partial charge in [0, 0.05) is 12.4 Å². The third-order valence-corrected chi connectivity index (χ3v) is 0.900. The number of nitrogens with one attached hydrogen (secondary N) is 1. The molecule has 1 N–H and O–H groups in total. The fourth-order valence-electron chi connectivity index (χ4n) is 0.481. The van der Waals surface area contributed by atoms with Crippen molar-refractivity contribution in [2.45, 2.75) is 13.8 Å². The lowest BCUT2D eigenvalue weighted by molar-refractivity contribution is 0.0971. The van der Waals surface area contributed by atoms with Crippen molar-refractivity contribution >= 4 is 13.9 Å². The van der Waals surface area contributed by atoms with E-state index in [0.29, 0.717) is 0 Å². The molecule has 0 aliphatic carbocycles. The summed E-state index contributed by atoms with van der Waals surface area (Å²) in [5.74, 6) is -0.411. The summed E-state index contributed by atoms with van der Waals surface area (Å²) in [5.41, 5.74) is 0. The van der Waals surface area contributed by atoms with Crippen LogP contribution in [0.2, 0.25) is 0 Å². The van der Waals surface area contributed by atoms with Crippen LogP contribution in [0.15, 0.2) is 18.5 Å². The first-order chi connectivity index (χ1) is 5.84. The van der Waals surface area contributed by atoms with Crippen LogP contribution in [0.4, 0.5) is 0 Å². The Morgan fingerprint density at radius 3 is 2.33 bits per heavy atom. The maximum atomic E-state index is 10.7. The van der Waals surface area contributed by atoms with E-state index in [2.05, 4.69) is 9.97 Å². The number of aromatic nitrogens is 2. The molecular weight excluding hydrogens is 153 g/mol. The van der Waals surface area contributed by atoms with Gasteiger partial charge in [-0.2, -0.15) is 0 Å². The highest BCUT2D eigenvalue weighted by molar-refractivity contribution is 6.17. The maximum absolute atomic E-state index is 10.7. The average Bonchev–Trinajstić information content (AvgIpc) is 2.21. The molecule has 0 atom stereocenters. The lowest BCUT2D eigenvalue weighted by Crippen LogP contribution is -2.21. The molecule has 1 rings (SSSR count). The Kier molecular flexibility index (Phi) is 5.60. The van der Waals surface area contributed by atoms with Crippen molar-refractivity contribution in [2.24, 2.45) is 0 Å². The number of amides is 1. The molecule has 0 saturated heterocycles. The van der Waals surface area contributed by atoms with Crippen LogP contribution in [0.5, 0.6) is 0 Å². The summed E-state index contributed by atoms with van der Waals surface area (Å²) in [5, 5.41) is 1.92. The lowest BCUT2D eigenvalue weighted by Gasteiger charge is -1.93. The Morgan fingerprint density at radius 1 is 1.42 bits per heavy atom. The quantitative estimate of drug-likeness (QED) is 0.606. The van der Waals surface area contributed by atoms with Gasteiger partial charge in [0.1, 0.15) is 0 Å². The minimum Gasteiger partial charge on any atom is -0.402 e. The van der Waals surface area contributed by atoms with Gasteiger partial charge in [-0.15, -0.1) is 0 Å². The zero-order valence-electron chi connectivity index (χ0n) is 7.11. The Bertz CT molecular complexity index is 227. The summed E-state index contributed by atoms with van der Waals surface area (Å²) < 4.78 is 0. The van der Waals surface area contributed by atoms with Crippen LogP contribution in [-0.2, 0) is 0 Å². The number of carbonyl (C=O) groups excluding carboxylic acids is 1. The Balaban J connectivity index is 0.000000561. The first kappa shape index (κ1) is 10.6. The molecule has 62 valence electrons. The SMILES string of the molecule is CC.[B]NC(=O)c1ncccn1. The summed E-state index contributed by atoms with van der Waals surface area (Å²) in [6.45, 7) is 4.00. The van der Waals surface area contributed by atoms with Crippen LogP contribution in [0.1, 0.15) is 24.5 Å². The molecule has 0 aliphatic rings. The lowest BCUT2D eigenvalue weighted by atomic mass is 10.4. The van der Waals surface area contributed by atoms with Crippen molar-refractivity contribution < 1.29 is 4.79 Å². The molecule has 1 heterocycles. The molecule has 0 spiro atoms. The number of hydrogen-bond acceptors (Lipinski definition) is 3. The molecular formula is C7H10BN3O. The molecule has 5 heteroatoms. The molecule has 0 aliphatic heterocycles. The largest absolute Gasteiger partial charge is 0.402 e. The van der Waals surface area contributed by atoms with Crippen LogP contribution in [0.25, 0.3) is 0 Å². The van der Waals surface area contributed by atoms with Gasteiger partial charge in [0.05, 0.1) is 0 Å². The fourth-order valence-corrected chi connectivity index (χ4v) is 0.481. The zero-order chi connectivity index (χ0) is 9.40. The first-order valence-corrected chi connectivity index (χ1v) is 3.62. The molecule has 0 fully saturated rings. The van der Waals surface area contributed by atoms with Crippen molar-refractivity contribution in [3.63, 3.8) is 0 Å². The van der Waals surface area contributed by atoms with Crippen molar-refractivity contribution in [3.8, 4) is 0 Å². The molecule has 2 radical (unpaired) electrons. The maximum Gasteiger partial charge on any atom is 0.276 e. The van der Waals surface area contributed by atoms with Crippen molar-refractivity contribution in [2.75, 3.05) is 0 Å². The number of rotatable bonds is 1. The molecule has 0 unspecified atom stereocenters. The second-order valence-electron chi connectivity index (χ2n) is 1.55. The third kappa shape index (κ3) is 3.14. The van der Waals surface area contributed by atoms with Crippen molar-refractivity contribution in [3.05, 3.63) is 24.3 Å². The van der Waals surface area contributed by atoms with Gasteiger partial charge in [-0.3, -0.25) is 4.79 Å². The fraction of sp³-hybridized carbons (Fsp3) is 0.286. The predicted octanol–water partition coefficient (Wildman–Crippen LogP) is 0.316. The van der Waals surface area contributed by atoms with E-state index in [1.54, 1.807) is 6.07 Å². The van der Waals surface area contributed by atoms with Crippen LogP contribution in [0.3, 0.4) is 0 Å². The molecule has 0 saturated carbocycles. The summed E-state index contributed by atoms with van der Waals surface area (Å²) in [4.78, 5) is 17.9. The highest BCUT2D eigenvalue weighted by atomic mass is 16.1. The van der Waals surface area contributed by atoms with E-state index in [1.165, 1.54) is 12.4 Å². The number of carbonyl (C=O) groups is 1. The van der Waals surface area contributed by atoms with Crippen LogP contribution >= 0.6 is 0 Å². The number of hydrogen-bond donors (Lipinski definition) is 1. The number of nitrogens with zero attached hydrogens (tertiary/aromatic N) is 2. The Morgan fingerprint density at radius 2 is 1.92 bits per heavy atom. The summed E-state index contributed by atoms with van der Waals surface area (Å²) in [6, 6.07) is 1.62. The van der Waals surface area contributed by atoms with Gasteiger partial charge in [0.25, 0.3) is 5.91 Å². The topological polar surface area (TPSA) is 54.9 Å². The average molecular weight is 163 g/mol. The van der Waals surface area contributed by atoms with E-state index in [1.807, 2.05) is 19.1 Å². The molecule has 0 bridgehead atoms. The Hall–Kier alpha value is -1.39.